The molecule has 2 atom stereocenters. The van der Waals surface area contributed by atoms with Gasteiger partial charge in [0.15, 0.2) is 0 Å². The van der Waals surface area contributed by atoms with Gasteiger partial charge in [0.25, 0.3) is 11.8 Å². The number of rotatable bonds is 6. The molecule has 1 saturated heterocycles. The van der Waals surface area contributed by atoms with Crippen LogP contribution >= 0.6 is 0 Å². The summed E-state index contributed by atoms with van der Waals surface area (Å²) >= 11 is 0. The van der Waals surface area contributed by atoms with Crippen molar-refractivity contribution in [3.05, 3.63) is 59.4 Å². The van der Waals surface area contributed by atoms with Gasteiger partial charge >= 0.3 is 0 Å². The van der Waals surface area contributed by atoms with E-state index in [0.717, 1.165) is 24.1 Å². The third kappa shape index (κ3) is 5.41. The number of nitrogens with two attached hydrogens (primary N) is 1. The zero-order valence-electron chi connectivity index (χ0n) is 16.4. The van der Waals surface area contributed by atoms with Crippen LogP contribution in [-0.4, -0.2) is 43.7 Å². The van der Waals surface area contributed by atoms with Gasteiger partial charge in [0, 0.05) is 19.6 Å². The van der Waals surface area contributed by atoms with Gasteiger partial charge in [-0.05, 0) is 41.8 Å². The van der Waals surface area contributed by atoms with Gasteiger partial charge < -0.3 is 21.1 Å². The normalized spacial score (nSPS) is 17.4. The van der Waals surface area contributed by atoms with Crippen molar-refractivity contribution in [1.29, 1.82) is 5.26 Å². The number of primary amides is 1. The summed E-state index contributed by atoms with van der Waals surface area (Å²) in [5.74, 6) is -1.80. The number of hydrogen-bond acceptors (Lipinski definition) is 5. The minimum Gasteiger partial charge on any atom is -0.367 e. The van der Waals surface area contributed by atoms with Gasteiger partial charge in [0.05, 0.1) is 11.6 Å². The lowest BCUT2D eigenvalue weighted by atomic mass is 9.99. The second-order valence-corrected chi connectivity index (χ2v) is 7.07. The van der Waals surface area contributed by atoms with Crippen LogP contribution < -0.4 is 16.4 Å². The highest BCUT2D eigenvalue weighted by Gasteiger charge is 2.23. The molecule has 1 aliphatic rings. The zero-order valence-corrected chi connectivity index (χ0v) is 16.4. The molecule has 7 nitrogen and oxygen atoms in total. The lowest BCUT2D eigenvalue weighted by molar-refractivity contribution is -0.132. The molecule has 1 aliphatic heterocycles. The fourth-order valence-corrected chi connectivity index (χ4v) is 3.24. The molecule has 156 valence electrons. The summed E-state index contributed by atoms with van der Waals surface area (Å²) in [5, 5.41) is 15.3. The monoisotopic (exact) mass is 410 g/mol. The standard InChI is InChI=1S/C22H23FN4O3/c23-19-11-16(6-7-18(19)21(25)28)15-4-2-14(3-5-15)10-17(12-24)27-22(29)20-13-26-8-1-9-30-20/h2-7,11,17,20,26H,1,8-10,13H2,(H2,25,28)(H,27,29)/t17-,20?/m0/s1. The van der Waals surface area contributed by atoms with Crippen LogP contribution in [0.1, 0.15) is 22.3 Å². The molecule has 4 N–H and O–H groups in total. The van der Waals surface area contributed by atoms with E-state index in [4.69, 9.17) is 10.5 Å². The van der Waals surface area contributed by atoms with E-state index in [1.165, 1.54) is 12.1 Å². The first-order valence-electron chi connectivity index (χ1n) is 9.69. The number of nitriles is 1. The van der Waals surface area contributed by atoms with Crippen LogP contribution in [0.5, 0.6) is 0 Å². The van der Waals surface area contributed by atoms with Crippen LogP contribution in [0.4, 0.5) is 4.39 Å². The van der Waals surface area contributed by atoms with Crippen LogP contribution in [0.3, 0.4) is 0 Å². The summed E-state index contributed by atoms with van der Waals surface area (Å²) in [7, 11) is 0. The van der Waals surface area contributed by atoms with Crippen molar-refractivity contribution >= 4 is 11.8 Å². The van der Waals surface area contributed by atoms with E-state index in [-0.39, 0.29) is 11.5 Å². The highest BCUT2D eigenvalue weighted by molar-refractivity contribution is 5.93. The maximum Gasteiger partial charge on any atom is 0.251 e. The minimum atomic E-state index is -0.816. The van der Waals surface area contributed by atoms with Gasteiger partial charge in [-0.15, -0.1) is 0 Å². The molecule has 30 heavy (non-hydrogen) atoms. The molecular weight excluding hydrogens is 387 g/mol. The Kier molecular flexibility index (Phi) is 7.12. The quantitative estimate of drug-likeness (QED) is 0.668. The van der Waals surface area contributed by atoms with E-state index in [0.29, 0.717) is 25.1 Å². The summed E-state index contributed by atoms with van der Waals surface area (Å²) < 4.78 is 19.5. The van der Waals surface area contributed by atoms with Gasteiger partial charge in [0.1, 0.15) is 18.0 Å². The number of halogens is 1. The molecular formula is C22H23FN4O3. The lowest BCUT2D eigenvalue weighted by Crippen LogP contribution is -2.46. The highest BCUT2D eigenvalue weighted by atomic mass is 19.1. The molecule has 1 fully saturated rings. The topological polar surface area (TPSA) is 117 Å². The molecule has 0 aliphatic carbocycles. The van der Waals surface area contributed by atoms with E-state index in [1.807, 2.05) is 12.1 Å². The van der Waals surface area contributed by atoms with Crippen LogP contribution in [0, 0.1) is 17.1 Å². The summed E-state index contributed by atoms with van der Waals surface area (Å²) in [6.45, 7) is 1.72. The van der Waals surface area contributed by atoms with Crippen molar-refractivity contribution in [3.63, 3.8) is 0 Å². The summed E-state index contributed by atoms with van der Waals surface area (Å²) in [4.78, 5) is 23.5. The number of nitrogens with one attached hydrogen (secondary N) is 2. The van der Waals surface area contributed by atoms with E-state index < -0.39 is 23.9 Å². The number of amides is 2. The predicted molar refractivity (Wildman–Crippen MR) is 109 cm³/mol. The fraction of sp³-hybridized carbons (Fsp3) is 0.318. The Hall–Kier alpha value is -3.28. The Labute approximate surface area is 174 Å². The van der Waals surface area contributed by atoms with Gasteiger partial charge in [-0.1, -0.05) is 30.3 Å². The number of ether oxygens (including phenoxy) is 1. The molecule has 8 heteroatoms. The molecule has 0 aromatic heterocycles. The largest absolute Gasteiger partial charge is 0.367 e. The van der Waals surface area contributed by atoms with Crippen molar-refractivity contribution in [1.82, 2.24) is 10.6 Å². The minimum absolute atomic E-state index is 0.157. The van der Waals surface area contributed by atoms with E-state index in [1.54, 1.807) is 18.2 Å². The molecule has 3 rings (SSSR count). The molecule has 2 aromatic rings. The predicted octanol–water partition coefficient (Wildman–Crippen LogP) is 1.52. The van der Waals surface area contributed by atoms with Gasteiger partial charge in [-0.2, -0.15) is 5.26 Å². The second-order valence-electron chi connectivity index (χ2n) is 7.07. The molecule has 0 saturated carbocycles. The molecule has 1 unspecified atom stereocenters. The third-order valence-electron chi connectivity index (χ3n) is 4.87. The third-order valence-corrected chi connectivity index (χ3v) is 4.87. The van der Waals surface area contributed by atoms with Gasteiger partial charge in [0.2, 0.25) is 0 Å². The zero-order chi connectivity index (χ0) is 21.5. The molecule has 2 aromatic carbocycles. The fourth-order valence-electron chi connectivity index (χ4n) is 3.24. The van der Waals surface area contributed by atoms with E-state index in [2.05, 4.69) is 16.7 Å². The highest BCUT2D eigenvalue weighted by Crippen LogP contribution is 2.23. The summed E-state index contributed by atoms with van der Waals surface area (Å²) in [5.41, 5.74) is 7.17. The Balaban J connectivity index is 1.64. The van der Waals surface area contributed by atoms with Crippen LogP contribution in [-0.2, 0) is 16.0 Å². The number of benzene rings is 2. The first kappa shape index (κ1) is 21.4. The van der Waals surface area contributed by atoms with Crippen LogP contribution in [0.15, 0.2) is 42.5 Å². The van der Waals surface area contributed by atoms with Crippen LogP contribution in [0.25, 0.3) is 11.1 Å². The first-order chi connectivity index (χ1) is 14.5. The van der Waals surface area contributed by atoms with Crippen molar-refractivity contribution in [3.8, 4) is 17.2 Å². The maximum absolute atomic E-state index is 14.0. The number of carbonyl (C=O) groups is 2. The Morgan fingerprint density at radius 3 is 2.67 bits per heavy atom. The molecule has 0 bridgehead atoms. The molecule has 0 radical (unpaired) electrons. The number of nitrogens with zero attached hydrogens (tertiary/aromatic N) is 1. The average Bonchev–Trinajstić information content (AvgIpc) is 3.03. The van der Waals surface area contributed by atoms with Crippen molar-refractivity contribution < 1.29 is 18.7 Å². The Morgan fingerprint density at radius 2 is 2.00 bits per heavy atom. The smallest absolute Gasteiger partial charge is 0.251 e. The molecule has 2 amide bonds. The summed E-state index contributed by atoms with van der Waals surface area (Å²) in [6.07, 6.45) is 0.564. The molecule has 1 heterocycles. The van der Waals surface area contributed by atoms with E-state index >= 15 is 0 Å². The van der Waals surface area contributed by atoms with Gasteiger partial charge in [-0.3, -0.25) is 9.59 Å². The molecule has 0 spiro atoms. The Bertz CT molecular complexity index is 948. The van der Waals surface area contributed by atoms with Gasteiger partial charge in [-0.25, -0.2) is 4.39 Å². The van der Waals surface area contributed by atoms with Crippen LogP contribution in [0.2, 0.25) is 0 Å². The Morgan fingerprint density at radius 1 is 1.27 bits per heavy atom. The first-order valence-corrected chi connectivity index (χ1v) is 9.69. The lowest BCUT2D eigenvalue weighted by Gasteiger charge is -2.18. The number of hydrogen-bond donors (Lipinski definition) is 3. The second kappa shape index (κ2) is 9.96. The van der Waals surface area contributed by atoms with Crippen molar-refractivity contribution in [2.45, 2.75) is 25.0 Å². The summed E-state index contributed by atoms with van der Waals surface area (Å²) in [6, 6.07) is 12.9. The van der Waals surface area contributed by atoms with E-state index in [9.17, 15) is 19.2 Å². The SMILES string of the molecule is N#C[C@H](Cc1ccc(-c2ccc(C(N)=O)c(F)c2)cc1)NC(=O)C1CNCCCO1. The average molecular weight is 410 g/mol. The maximum atomic E-state index is 14.0. The number of carbonyl (C=O) groups excluding carboxylic acids is 2. The van der Waals surface area contributed by atoms with Crippen molar-refractivity contribution in [2.24, 2.45) is 5.73 Å². The van der Waals surface area contributed by atoms with Crippen molar-refractivity contribution in [2.75, 3.05) is 19.7 Å².